The molecule has 0 saturated heterocycles. The number of hydrogen-bond acceptors (Lipinski definition) is 6. The molecule has 0 aliphatic carbocycles. The number of anilines is 5. The molecule has 140 valence electrons. The third kappa shape index (κ3) is 4.73. The summed E-state index contributed by atoms with van der Waals surface area (Å²) in [4.78, 5) is 6.81. The minimum absolute atomic E-state index is 0.461. The van der Waals surface area contributed by atoms with Gasteiger partial charge in [0, 0.05) is 30.2 Å². The predicted molar refractivity (Wildman–Crippen MR) is 112 cm³/mol. The van der Waals surface area contributed by atoms with E-state index in [9.17, 15) is 0 Å². The predicted octanol–water partition coefficient (Wildman–Crippen LogP) is 4.82. The largest absolute Gasteiger partial charge is 0.372 e. The highest BCUT2D eigenvalue weighted by Gasteiger charge is 2.05. The Morgan fingerprint density at radius 2 is 1.56 bits per heavy atom. The molecular weight excluding hydrogens is 336 g/mol. The second-order valence-corrected chi connectivity index (χ2v) is 6.43. The average Bonchev–Trinajstić information content (AvgIpc) is 2.67. The Balaban J connectivity index is 1.71. The molecule has 0 aliphatic heterocycles. The van der Waals surface area contributed by atoms with Gasteiger partial charge in [-0.05, 0) is 75.2 Å². The molecule has 6 nitrogen and oxygen atoms in total. The summed E-state index contributed by atoms with van der Waals surface area (Å²) in [7, 11) is 0. The fourth-order valence-corrected chi connectivity index (χ4v) is 2.86. The smallest absolute Gasteiger partial charge is 0.249 e. The van der Waals surface area contributed by atoms with E-state index >= 15 is 0 Å². The molecule has 1 heterocycles. The van der Waals surface area contributed by atoms with Gasteiger partial charge in [0.1, 0.15) is 0 Å². The Morgan fingerprint density at radius 3 is 2.22 bits per heavy atom. The lowest BCUT2D eigenvalue weighted by atomic mass is 10.1. The standard InChI is InChI=1S/C21H26N6/c1-5-27(6-2)19-11-9-17(10-12-19)23-20-14-22-26-21(25-20)24-18-8-7-15(3)16(4)13-18/h7-14H,5-6H2,1-4H3,(H2,23,24,25,26). The van der Waals surface area contributed by atoms with Gasteiger partial charge in [0.25, 0.3) is 0 Å². The molecule has 0 atom stereocenters. The summed E-state index contributed by atoms with van der Waals surface area (Å²) < 4.78 is 0. The number of rotatable bonds is 7. The van der Waals surface area contributed by atoms with E-state index in [1.54, 1.807) is 6.20 Å². The van der Waals surface area contributed by atoms with Crippen LogP contribution < -0.4 is 15.5 Å². The first-order valence-electron chi connectivity index (χ1n) is 9.25. The Kier molecular flexibility index (Phi) is 5.86. The molecule has 0 fully saturated rings. The summed E-state index contributed by atoms with van der Waals surface area (Å²) in [5, 5.41) is 14.6. The van der Waals surface area contributed by atoms with Crippen molar-refractivity contribution in [1.29, 1.82) is 0 Å². The minimum atomic E-state index is 0.461. The highest BCUT2D eigenvalue weighted by atomic mass is 15.3. The second-order valence-electron chi connectivity index (χ2n) is 6.43. The molecule has 0 aliphatic rings. The maximum absolute atomic E-state index is 4.50. The van der Waals surface area contributed by atoms with Crippen LogP contribution in [0.4, 0.5) is 28.8 Å². The third-order valence-electron chi connectivity index (χ3n) is 4.59. The van der Waals surface area contributed by atoms with Crippen LogP contribution in [0.3, 0.4) is 0 Å². The third-order valence-corrected chi connectivity index (χ3v) is 4.59. The molecule has 3 rings (SSSR count). The van der Waals surface area contributed by atoms with E-state index in [-0.39, 0.29) is 0 Å². The number of aromatic nitrogens is 3. The van der Waals surface area contributed by atoms with Crippen molar-refractivity contribution in [2.45, 2.75) is 27.7 Å². The van der Waals surface area contributed by atoms with E-state index in [0.717, 1.165) is 24.5 Å². The van der Waals surface area contributed by atoms with Crippen molar-refractivity contribution in [3.8, 4) is 0 Å². The van der Waals surface area contributed by atoms with E-state index < -0.39 is 0 Å². The lowest BCUT2D eigenvalue weighted by Crippen LogP contribution is -2.21. The highest BCUT2D eigenvalue weighted by Crippen LogP contribution is 2.21. The van der Waals surface area contributed by atoms with Gasteiger partial charge < -0.3 is 15.5 Å². The van der Waals surface area contributed by atoms with Crippen molar-refractivity contribution in [3.05, 3.63) is 59.8 Å². The number of nitrogens with one attached hydrogen (secondary N) is 2. The van der Waals surface area contributed by atoms with Gasteiger partial charge >= 0.3 is 0 Å². The Bertz CT molecular complexity index is 887. The molecule has 6 heteroatoms. The van der Waals surface area contributed by atoms with Crippen molar-refractivity contribution in [2.75, 3.05) is 28.6 Å². The summed E-state index contributed by atoms with van der Waals surface area (Å²) in [5.41, 5.74) is 5.59. The lowest BCUT2D eigenvalue weighted by molar-refractivity contribution is 0.866. The van der Waals surface area contributed by atoms with Gasteiger partial charge in [0.05, 0.1) is 6.20 Å². The van der Waals surface area contributed by atoms with Crippen LogP contribution in [0.25, 0.3) is 0 Å². The average molecular weight is 362 g/mol. The van der Waals surface area contributed by atoms with E-state index in [1.165, 1.54) is 16.8 Å². The first kappa shape index (κ1) is 18.6. The topological polar surface area (TPSA) is 66.0 Å². The van der Waals surface area contributed by atoms with E-state index in [4.69, 9.17) is 0 Å². The monoisotopic (exact) mass is 362 g/mol. The van der Waals surface area contributed by atoms with Crippen molar-refractivity contribution in [2.24, 2.45) is 0 Å². The van der Waals surface area contributed by atoms with Crippen molar-refractivity contribution >= 4 is 28.8 Å². The van der Waals surface area contributed by atoms with E-state index in [2.05, 4.69) is 82.7 Å². The van der Waals surface area contributed by atoms with Crippen LogP contribution in [0.2, 0.25) is 0 Å². The molecule has 0 unspecified atom stereocenters. The normalized spacial score (nSPS) is 10.5. The van der Waals surface area contributed by atoms with Gasteiger partial charge in [-0.3, -0.25) is 0 Å². The van der Waals surface area contributed by atoms with Crippen LogP contribution in [-0.4, -0.2) is 28.3 Å². The molecule has 0 amide bonds. The second kappa shape index (κ2) is 8.49. The minimum Gasteiger partial charge on any atom is -0.372 e. The Morgan fingerprint density at radius 1 is 0.852 bits per heavy atom. The molecule has 0 bridgehead atoms. The van der Waals surface area contributed by atoms with Crippen LogP contribution >= 0.6 is 0 Å². The van der Waals surface area contributed by atoms with Crippen molar-refractivity contribution in [1.82, 2.24) is 15.2 Å². The van der Waals surface area contributed by atoms with Gasteiger partial charge in [-0.15, -0.1) is 5.10 Å². The molecule has 2 aromatic carbocycles. The molecule has 0 saturated carbocycles. The summed E-state index contributed by atoms with van der Waals surface area (Å²) in [6.45, 7) is 10.5. The zero-order valence-electron chi connectivity index (χ0n) is 16.3. The van der Waals surface area contributed by atoms with Gasteiger partial charge in [0.15, 0.2) is 5.82 Å². The zero-order chi connectivity index (χ0) is 19.2. The molecular formula is C21H26N6. The molecule has 3 aromatic rings. The fraction of sp³-hybridized carbons (Fsp3) is 0.286. The summed E-state index contributed by atoms with van der Waals surface area (Å²) in [6.07, 6.45) is 1.61. The van der Waals surface area contributed by atoms with Crippen molar-refractivity contribution < 1.29 is 0 Å². The van der Waals surface area contributed by atoms with Crippen LogP contribution in [0.15, 0.2) is 48.7 Å². The first-order chi connectivity index (χ1) is 13.1. The van der Waals surface area contributed by atoms with Crippen LogP contribution in [0, 0.1) is 13.8 Å². The zero-order valence-corrected chi connectivity index (χ0v) is 16.3. The number of aryl methyl sites for hydroxylation is 2. The summed E-state index contributed by atoms with van der Waals surface area (Å²) >= 11 is 0. The molecule has 2 N–H and O–H groups in total. The van der Waals surface area contributed by atoms with Gasteiger partial charge in [-0.2, -0.15) is 10.1 Å². The van der Waals surface area contributed by atoms with Gasteiger partial charge in [0.2, 0.25) is 5.95 Å². The van der Waals surface area contributed by atoms with Gasteiger partial charge in [-0.25, -0.2) is 0 Å². The fourth-order valence-electron chi connectivity index (χ4n) is 2.86. The number of hydrogen-bond donors (Lipinski definition) is 2. The summed E-state index contributed by atoms with van der Waals surface area (Å²) in [5.74, 6) is 1.11. The lowest BCUT2D eigenvalue weighted by Gasteiger charge is -2.21. The van der Waals surface area contributed by atoms with Crippen LogP contribution in [-0.2, 0) is 0 Å². The van der Waals surface area contributed by atoms with Crippen LogP contribution in [0.5, 0.6) is 0 Å². The number of nitrogens with zero attached hydrogens (tertiary/aromatic N) is 4. The maximum atomic E-state index is 4.50. The first-order valence-corrected chi connectivity index (χ1v) is 9.25. The Labute approximate surface area is 160 Å². The molecule has 0 radical (unpaired) electrons. The number of benzene rings is 2. The molecule has 27 heavy (non-hydrogen) atoms. The highest BCUT2D eigenvalue weighted by molar-refractivity contribution is 5.62. The summed E-state index contributed by atoms with van der Waals surface area (Å²) in [6, 6.07) is 14.5. The van der Waals surface area contributed by atoms with E-state index in [0.29, 0.717) is 11.8 Å². The molecule has 1 aromatic heterocycles. The SMILES string of the molecule is CCN(CC)c1ccc(Nc2cnnc(Nc3ccc(C)c(C)c3)n2)cc1. The van der Waals surface area contributed by atoms with Gasteiger partial charge in [-0.1, -0.05) is 6.07 Å². The van der Waals surface area contributed by atoms with Crippen LogP contribution in [0.1, 0.15) is 25.0 Å². The molecule has 0 spiro atoms. The van der Waals surface area contributed by atoms with Crippen molar-refractivity contribution in [3.63, 3.8) is 0 Å². The van der Waals surface area contributed by atoms with E-state index in [1.807, 2.05) is 18.2 Å². The maximum Gasteiger partial charge on any atom is 0.249 e. The Hall–Kier alpha value is -3.15. The quantitative estimate of drug-likeness (QED) is 0.628.